The molecule has 2 unspecified atom stereocenters. The largest absolute Gasteiger partial charge is 0.432 e. The Morgan fingerprint density at radius 2 is 2.43 bits per heavy atom. The lowest BCUT2D eigenvalue weighted by Crippen LogP contribution is -2.36. The number of hydrogen-bond acceptors (Lipinski definition) is 4. The van der Waals surface area contributed by atoms with Crippen molar-refractivity contribution in [3.63, 3.8) is 0 Å². The summed E-state index contributed by atoms with van der Waals surface area (Å²) in [6, 6.07) is 1.04. The van der Waals surface area contributed by atoms with Crippen LogP contribution in [-0.2, 0) is 4.74 Å². The monoisotopic (exact) mass is 196 g/mol. The average Bonchev–Trinajstić information content (AvgIpc) is 2.56. The van der Waals surface area contributed by atoms with Gasteiger partial charge in [0.05, 0.1) is 12.3 Å². The summed E-state index contributed by atoms with van der Waals surface area (Å²) in [6.45, 7) is 5.73. The van der Waals surface area contributed by atoms with E-state index in [0.717, 1.165) is 25.3 Å². The molecule has 0 radical (unpaired) electrons. The molecule has 1 aromatic rings. The van der Waals surface area contributed by atoms with Gasteiger partial charge in [-0.2, -0.15) is 4.98 Å². The number of oxazole rings is 1. The maximum absolute atomic E-state index is 5.36. The summed E-state index contributed by atoms with van der Waals surface area (Å²) in [4.78, 5) is 4.22. The number of ether oxygens (including phenoxy) is 1. The summed E-state index contributed by atoms with van der Waals surface area (Å²) in [5.41, 5.74) is 0.909. The lowest BCUT2D eigenvalue weighted by Gasteiger charge is -2.28. The van der Waals surface area contributed by atoms with Gasteiger partial charge in [-0.25, -0.2) is 0 Å². The predicted molar refractivity (Wildman–Crippen MR) is 53.3 cm³/mol. The van der Waals surface area contributed by atoms with Crippen molar-refractivity contribution < 1.29 is 9.15 Å². The van der Waals surface area contributed by atoms with E-state index in [1.54, 1.807) is 6.26 Å². The summed E-state index contributed by atoms with van der Waals surface area (Å²) < 4.78 is 10.6. The summed E-state index contributed by atoms with van der Waals surface area (Å²) in [7, 11) is 0. The standard InChI is InChI=1S/C10H16N2O2/c1-7-5-13-4-3-9(7)12-10-11-8(2)6-14-10/h6-7,9H,3-5H2,1-2H3,(H,11,12). The van der Waals surface area contributed by atoms with Crippen LogP contribution in [0.15, 0.2) is 10.7 Å². The van der Waals surface area contributed by atoms with Crippen molar-refractivity contribution in [2.24, 2.45) is 5.92 Å². The van der Waals surface area contributed by atoms with E-state index in [0.29, 0.717) is 18.0 Å². The van der Waals surface area contributed by atoms with Crippen LogP contribution in [0.1, 0.15) is 19.0 Å². The highest BCUT2D eigenvalue weighted by atomic mass is 16.5. The number of nitrogens with one attached hydrogen (secondary N) is 1. The van der Waals surface area contributed by atoms with Crippen LogP contribution in [0.4, 0.5) is 6.01 Å². The zero-order valence-electron chi connectivity index (χ0n) is 8.62. The van der Waals surface area contributed by atoms with Gasteiger partial charge >= 0.3 is 0 Å². The van der Waals surface area contributed by atoms with Crippen LogP contribution in [0.5, 0.6) is 0 Å². The fourth-order valence-electron chi connectivity index (χ4n) is 1.67. The molecule has 0 amide bonds. The van der Waals surface area contributed by atoms with Crippen LogP contribution in [0.3, 0.4) is 0 Å². The molecule has 0 bridgehead atoms. The number of rotatable bonds is 2. The Balaban J connectivity index is 1.95. The predicted octanol–water partition coefficient (Wildman–Crippen LogP) is 1.82. The summed E-state index contributed by atoms with van der Waals surface area (Å²) in [5.74, 6) is 0.510. The first kappa shape index (κ1) is 9.52. The Kier molecular flexibility index (Phi) is 2.72. The molecule has 14 heavy (non-hydrogen) atoms. The molecule has 1 N–H and O–H groups in total. The highest BCUT2D eigenvalue weighted by Crippen LogP contribution is 2.18. The smallest absolute Gasteiger partial charge is 0.294 e. The molecule has 2 atom stereocenters. The zero-order chi connectivity index (χ0) is 9.97. The SMILES string of the molecule is Cc1coc(NC2CCOCC2C)n1. The Morgan fingerprint density at radius 1 is 1.57 bits per heavy atom. The molecule has 1 aliphatic heterocycles. The van der Waals surface area contributed by atoms with Gasteiger partial charge in [-0.15, -0.1) is 0 Å². The molecule has 78 valence electrons. The molecule has 2 rings (SSSR count). The molecule has 0 aromatic carbocycles. The third kappa shape index (κ3) is 2.07. The second-order valence-corrected chi connectivity index (χ2v) is 3.89. The minimum absolute atomic E-state index is 0.418. The zero-order valence-corrected chi connectivity index (χ0v) is 8.62. The first-order chi connectivity index (χ1) is 6.75. The number of hydrogen-bond donors (Lipinski definition) is 1. The van der Waals surface area contributed by atoms with Gasteiger partial charge in [0, 0.05) is 12.6 Å². The molecule has 1 aliphatic rings. The second kappa shape index (κ2) is 4.00. The van der Waals surface area contributed by atoms with Crippen LogP contribution in [0.25, 0.3) is 0 Å². The topological polar surface area (TPSA) is 47.3 Å². The van der Waals surface area contributed by atoms with Crippen LogP contribution < -0.4 is 5.32 Å². The minimum atomic E-state index is 0.418. The molecule has 1 fully saturated rings. The molecule has 0 aliphatic carbocycles. The van der Waals surface area contributed by atoms with Crippen molar-refractivity contribution >= 4 is 6.01 Å². The van der Waals surface area contributed by atoms with E-state index in [9.17, 15) is 0 Å². The van der Waals surface area contributed by atoms with Gasteiger partial charge in [0.2, 0.25) is 0 Å². The van der Waals surface area contributed by atoms with Gasteiger partial charge in [0.1, 0.15) is 6.26 Å². The Bertz CT molecular complexity index is 298. The lowest BCUT2D eigenvalue weighted by atomic mass is 9.98. The van der Waals surface area contributed by atoms with Crippen molar-refractivity contribution in [2.45, 2.75) is 26.3 Å². The number of aryl methyl sites for hydroxylation is 1. The van der Waals surface area contributed by atoms with Gasteiger partial charge in [0.15, 0.2) is 0 Å². The Labute approximate surface area is 83.7 Å². The van der Waals surface area contributed by atoms with Crippen molar-refractivity contribution in [3.05, 3.63) is 12.0 Å². The molecular weight excluding hydrogens is 180 g/mol. The van der Waals surface area contributed by atoms with Gasteiger partial charge < -0.3 is 14.5 Å². The second-order valence-electron chi connectivity index (χ2n) is 3.89. The van der Waals surface area contributed by atoms with E-state index < -0.39 is 0 Å². The Hall–Kier alpha value is -1.03. The average molecular weight is 196 g/mol. The van der Waals surface area contributed by atoms with Crippen LogP contribution in [0.2, 0.25) is 0 Å². The van der Waals surface area contributed by atoms with E-state index in [1.165, 1.54) is 0 Å². The minimum Gasteiger partial charge on any atom is -0.432 e. The quantitative estimate of drug-likeness (QED) is 0.783. The van der Waals surface area contributed by atoms with Crippen molar-refractivity contribution in [1.29, 1.82) is 0 Å². The first-order valence-corrected chi connectivity index (χ1v) is 5.02. The summed E-state index contributed by atoms with van der Waals surface area (Å²) in [6.07, 6.45) is 2.68. The molecular formula is C10H16N2O2. The molecule has 4 heteroatoms. The van der Waals surface area contributed by atoms with Gasteiger partial charge in [-0.1, -0.05) is 6.92 Å². The third-order valence-electron chi connectivity index (χ3n) is 2.57. The van der Waals surface area contributed by atoms with Crippen LogP contribution in [-0.4, -0.2) is 24.2 Å². The van der Waals surface area contributed by atoms with E-state index in [1.807, 2.05) is 6.92 Å². The molecule has 4 nitrogen and oxygen atoms in total. The van der Waals surface area contributed by atoms with Crippen LogP contribution in [0, 0.1) is 12.8 Å². The first-order valence-electron chi connectivity index (χ1n) is 5.02. The fourth-order valence-corrected chi connectivity index (χ4v) is 1.67. The van der Waals surface area contributed by atoms with E-state index in [4.69, 9.17) is 9.15 Å². The van der Waals surface area contributed by atoms with Gasteiger partial charge in [-0.3, -0.25) is 0 Å². The highest BCUT2D eigenvalue weighted by molar-refractivity contribution is 5.23. The van der Waals surface area contributed by atoms with Crippen LogP contribution >= 0.6 is 0 Å². The number of nitrogens with zero attached hydrogens (tertiary/aromatic N) is 1. The third-order valence-corrected chi connectivity index (χ3v) is 2.57. The maximum atomic E-state index is 5.36. The molecule has 1 aromatic heterocycles. The summed E-state index contributed by atoms with van der Waals surface area (Å²) >= 11 is 0. The number of anilines is 1. The number of aromatic nitrogens is 1. The molecule has 1 saturated heterocycles. The molecule has 0 spiro atoms. The normalized spacial score (nSPS) is 27.6. The van der Waals surface area contributed by atoms with E-state index in [2.05, 4.69) is 17.2 Å². The van der Waals surface area contributed by atoms with Crippen molar-refractivity contribution in [1.82, 2.24) is 4.98 Å². The van der Waals surface area contributed by atoms with Gasteiger partial charge in [-0.05, 0) is 19.3 Å². The highest BCUT2D eigenvalue weighted by Gasteiger charge is 2.22. The van der Waals surface area contributed by atoms with E-state index in [-0.39, 0.29) is 0 Å². The summed E-state index contributed by atoms with van der Waals surface area (Å²) in [5, 5.41) is 3.29. The molecule has 2 heterocycles. The van der Waals surface area contributed by atoms with E-state index >= 15 is 0 Å². The van der Waals surface area contributed by atoms with Gasteiger partial charge in [0.25, 0.3) is 6.01 Å². The van der Waals surface area contributed by atoms with Crippen molar-refractivity contribution in [3.8, 4) is 0 Å². The van der Waals surface area contributed by atoms with Crippen molar-refractivity contribution in [2.75, 3.05) is 18.5 Å². The lowest BCUT2D eigenvalue weighted by molar-refractivity contribution is 0.0532. The fraction of sp³-hybridized carbons (Fsp3) is 0.700. The molecule has 0 saturated carbocycles. The maximum Gasteiger partial charge on any atom is 0.294 e. The Morgan fingerprint density at radius 3 is 3.07 bits per heavy atom.